The van der Waals surface area contributed by atoms with E-state index >= 15 is 0 Å². The van der Waals surface area contributed by atoms with Gasteiger partial charge in [0.05, 0.1) is 7.11 Å². The summed E-state index contributed by atoms with van der Waals surface area (Å²) in [6.45, 7) is 0.623. The molecule has 3 nitrogen and oxygen atoms in total. The SMILES string of the molecule is COc1ccc(Br)c(CNN)c1.Cl. The van der Waals surface area contributed by atoms with Crippen LogP contribution >= 0.6 is 28.3 Å². The number of halogens is 2. The van der Waals surface area contributed by atoms with Crippen molar-refractivity contribution in [2.75, 3.05) is 7.11 Å². The Morgan fingerprint density at radius 3 is 2.77 bits per heavy atom. The highest BCUT2D eigenvalue weighted by Crippen LogP contribution is 2.21. The van der Waals surface area contributed by atoms with Crippen molar-refractivity contribution >= 4 is 28.3 Å². The number of nitrogens with one attached hydrogen (secondary N) is 1. The summed E-state index contributed by atoms with van der Waals surface area (Å²) in [4.78, 5) is 0. The van der Waals surface area contributed by atoms with Gasteiger partial charge in [0.15, 0.2) is 0 Å². The highest BCUT2D eigenvalue weighted by molar-refractivity contribution is 9.10. The maximum absolute atomic E-state index is 5.21. The third kappa shape index (κ3) is 3.52. The Hall–Kier alpha value is -0.290. The van der Waals surface area contributed by atoms with Crippen LogP contribution < -0.4 is 16.0 Å². The first-order chi connectivity index (χ1) is 5.77. The summed E-state index contributed by atoms with van der Waals surface area (Å²) in [6.07, 6.45) is 0. The average Bonchev–Trinajstić information content (AvgIpc) is 2.09. The molecular weight excluding hydrogens is 255 g/mol. The lowest BCUT2D eigenvalue weighted by Crippen LogP contribution is -2.21. The van der Waals surface area contributed by atoms with Gasteiger partial charge in [-0.1, -0.05) is 15.9 Å². The Morgan fingerprint density at radius 1 is 1.54 bits per heavy atom. The smallest absolute Gasteiger partial charge is 0.119 e. The van der Waals surface area contributed by atoms with Crippen LogP contribution in [0.2, 0.25) is 0 Å². The first-order valence-corrected chi connectivity index (χ1v) is 4.33. The zero-order valence-corrected chi connectivity index (χ0v) is 9.61. The molecule has 0 aliphatic heterocycles. The van der Waals surface area contributed by atoms with Gasteiger partial charge in [-0.05, 0) is 23.8 Å². The molecule has 0 amide bonds. The van der Waals surface area contributed by atoms with Crippen molar-refractivity contribution in [2.24, 2.45) is 5.84 Å². The Bertz CT molecular complexity index is 270. The lowest BCUT2D eigenvalue weighted by molar-refractivity contribution is 0.414. The Kier molecular flexibility index (Phi) is 6.07. The Balaban J connectivity index is 0.00000144. The van der Waals surface area contributed by atoms with Crippen LogP contribution in [0.3, 0.4) is 0 Å². The summed E-state index contributed by atoms with van der Waals surface area (Å²) >= 11 is 3.41. The number of hydrogen-bond donors (Lipinski definition) is 2. The standard InChI is InChI=1S/C8H11BrN2O.ClH/c1-12-7-2-3-8(9)6(4-7)5-11-10;/h2-4,11H,5,10H2,1H3;1H. The molecule has 0 fully saturated rings. The number of benzene rings is 1. The van der Waals surface area contributed by atoms with Crippen LogP contribution in [-0.2, 0) is 6.54 Å². The fourth-order valence-corrected chi connectivity index (χ4v) is 1.31. The molecule has 0 atom stereocenters. The van der Waals surface area contributed by atoms with Gasteiger partial charge in [-0.25, -0.2) is 0 Å². The van der Waals surface area contributed by atoms with E-state index < -0.39 is 0 Å². The van der Waals surface area contributed by atoms with E-state index in [4.69, 9.17) is 10.6 Å². The zero-order chi connectivity index (χ0) is 8.97. The second-order valence-electron chi connectivity index (χ2n) is 2.34. The van der Waals surface area contributed by atoms with Crippen molar-refractivity contribution in [3.8, 4) is 5.75 Å². The van der Waals surface area contributed by atoms with Crippen molar-refractivity contribution in [3.05, 3.63) is 28.2 Å². The molecule has 0 aliphatic carbocycles. The van der Waals surface area contributed by atoms with Gasteiger partial charge >= 0.3 is 0 Å². The van der Waals surface area contributed by atoms with Gasteiger partial charge < -0.3 is 4.74 Å². The van der Waals surface area contributed by atoms with Crippen LogP contribution in [0.15, 0.2) is 22.7 Å². The highest BCUT2D eigenvalue weighted by atomic mass is 79.9. The lowest BCUT2D eigenvalue weighted by atomic mass is 10.2. The number of hydrogen-bond acceptors (Lipinski definition) is 3. The zero-order valence-electron chi connectivity index (χ0n) is 7.21. The van der Waals surface area contributed by atoms with Crippen molar-refractivity contribution in [3.63, 3.8) is 0 Å². The molecule has 0 bridgehead atoms. The van der Waals surface area contributed by atoms with Crippen LogP contribution in [0.1, 0.15) is 5.56 Å². The summed E-state index contributed by atoms with van der Waals surface area (Å²) < 4.78 is 6.10. The predicted octanol–water partition coefficient (Wildman–Crippen LogP) is 1.84. The molecule has 0 heterocycles. The first kappa shape index (κ1) is 12.7. The maximum atomic E-state index is 5.21. The van der Waals surface area contributed by atoms with Crippen molar-refractivity contribution in [1.29, 1.82) is 0 Å². The molecule has 0 aliphatic rings. The fourth-order valence-electron chi connectivity index (χ4n) is 0.924. The van der Waals surface area contributed by atoms with Crippen LogP contribution in [0.25, 0.3) is 0 Å². The molecule has 0 saturated carbocycles. The normalized spacial score (nSPS) is 9.15. The number of nitrogens with two attached hydrogens (primary N) is 1. The molecule has 1 aromatic carbocycles. The molecule has 0 radical (unpaired) electrons. The number of hydrazine groups is 1. The van der Waals surface area contributed by atoms with Crippen LogP contribution in [0, 0.1) is 0 Å². The van der Waals surface area contributed by atoms with Crippen LogP contribution in [0.5, 0.6) is 5.75 Å². The van der Waals surface area contributed by atoms with E-state index in [2.05, 4.69) is 21.4 Å². The monoisotopic (exact) mass is 266 g/mol. The summed E-state index contributed by atoms with van der Waals surface area (Å²) in [5.41, 5.74) is 3.67. The molecule has 0 aromatic heterocycles. The van der Waals surface area contributed by atoms with E-state index in [9.17, 15) is 0 Å². The van der Waals surface area contributed by atoms with Gasteiger partial charge in [-0.2, -0.15) is 0 Å². The van der Waals surface area contributed by atoms with Gasteiger partial charge in [-0.15, -0.1) is 12.4 Å². The minimum atomic E-state index is 0. The lowest BCUT2D eigenvalue weighted by Gasteiger charge is -2.05. The van der Waals surface area contributed by atoms with Gasteiger partial charge in [0.1, 0.15) is 5.75 Å². The predicted molar refractivity (Wildman–Crippen MR) is 59.0 cm³/mol. The fraction of sp³-hybridized carbons (Fsp3) is 0.250. The molecule has 0 spiro atoms. The van der Waals surface area contributed by atoms with Gasteiger partial charge in [0.25, 0.3) is 0 Å². The average molecular weight is 268 g/mol. The second-order valence-corrected chi connectivity index (χ2v) is 3.19. The molecular formula is C8H12BrClN2O. The highest BCUT2D eigenvalue weighted by Gasteiger charge is 1.99. The summed E-state index contributed by atoms with van der Waals surface area (Å²) in [5.74, 6) is 6.05. The van der Waals surface area contributed by atoms with E-state index in [1.165, 1.54) is 0 Å². The first-order valence-electron chi connectivity index (χ1n) is 3.54. The molecule has 1 rings (SSSR count). The molecule has 0 unspecified atom stereocenters. The van der Waals surface area contributed by atoms with Crippen LogP contribution in [0.4, 0.5) is 0 Å². The minimum Gasteiger partial charge on any atom is -0.497 e. The molecule has 0 saturated heterocycles. The van der Waals surface area contributed by atoms with Crippen molar-refractivity contribution in [1.82, 2.24) is 5.43 Å². The minimum absolute atomic E-state index is 0. The summed E-state index contributed by atoms with van der Waals surface area (Å²) in [7, 11) is 1.64. The molecule has 5 heteroatoms. The third-order valence-electron chi connectivity index (χ3n) is 1.55. The van der Waals surface area contributed by atoms with Crippen molar-refractivity contribution < 1.29 is 4.74 Å². The molecule has 74 valence electrons. The number of ether oxygens (including phenoxy) is 1. The Labute approximate surface area is 92.2 Å². The van der Waals surface area contributed by atoms with E-state index in [1.807, 2.05) is 18.2 Å². The largest absolute Gasteiger partial charge is 0.497 e. The van der Waals surface area contributed by atoms with Crippen LogP contribution in [-0.4, -0.2) is 7.11 Å². The van der Waals surface area contributed by atoms with E-state index in [-0.39, 0.29) is 12.4 Å². The molecule has 3 N–H and O–H groups in total. The Morgan fingerprint density at radius 2 is 2.23 bits per heavy atom. The molecule has 1 aromatic rings. The maximum Gasteiger partial charge on any atom is 0.119 e. The quantitative estimate of drug-likeness (QED) is 0.649. The second kappa shape index (κ2) is 6.21. The van der Waals surface area contributed by atoms with Gasteiger partial charge in [-0.3, -0.25) is 11.3 Å². The van der Waals surface area contributed by atoms with E-state index in [0.29, 0.717) is 6.54 Å². The van der Waals surface area contributed by atoms with Gasteiger partial charge in [0.2, 0.25) is 0 Å². The summed E-state index contributed by atoms with van der Waals surface area (Å²) in [5, 5.41) is 0. The van der Waals surface area contributed by atoms with E-state index in [0.717, 1.165) is 15.8 Å². The third-order valence-corrected chi connectivity index (χ3v) is 2.32. The molecule has 13 heavy (non-hydrogen) atoms. The number of methoxy groups -OCH3 is 1. The topological polar surface area (TPSA) is 47.3 Å². The van der Waals surface area contributed by atoms with Gasteiger partial charge in [0, 0.05) is 11.0 Å². The van der Waals surface area contributed by atoms with E-state index in [1.54, 1.807) is 7.11 Å². The summed E-state index contributed by atoms with van der Waals surface area (Å²) in [6, 6.07) is 5.76. The van der Waals surface area contributed by atoms with Crippen molar-refractivity contribution in [2.45, 2.75) is 6.54 Å². The number of rotatable bonds is 3.